The minimum atomic E-state index is -0.202. The Morgan fingerprint density at radius 3 is 2.52 bits per heavy atom. The highest BCUT2D eigenvalue weighted by Crippen LogP contribution is 2.22. The Labute approximate surface area is 122 Å². The van der Waals surface area contributed by atoms with E-state index in [1.54, 1.807) is 13.2 Å². The van der Waals surface area contributed by atoms with E-state index >= 15 is 0 Å². The van der Waals surface area contributed by atoms with Crippen molar-refractivity contribution in [3.8, 4) is 17.5 Å². The average Bonchev–Trinajstić information content (AvgIpc) is 2.54. The van der Waals surface area contributed by atoms with Crippen LogP contribution in [0.15, 0.2) is 30.5 Å². The SMILES string of the molecule is COc1cnc(C(=O)Cc2ccccc2OC)c(OC)n1. The van der Waals surface area contributed by atoms with Gasteiger partial charge in [0, 0.05) is 12.0 Å². The zero-order valence-electron chi connectivity index (χ0n) is 12.1. The van der Waals surface area contributed by atoms with E-state index in [2.05, 4.69) is 9.97 Å². The maximum atomic E-state index is 12.4. The monoisotopic (exact) mass is 288 g/mol. The van der Waals surface area contributed by atoms with Crippen molar-refractivity contribution in [1.29, 1.82) is 0 Å². The van der Waals surface area contributed by atoms with Crippen molar-refractivity contribution in [2.45, 2.75) is 6.42 Å². The predicted molar refractivity (Wildman–Crippen MR) is 76.2 cm³/mol. The number of para-hydroxylation sites is 1. The van der Waals surface area contributed by atoms with Crippen LogP contribution in [-0.2, 0) is 6.42 Å². The third kappa shape index (κ3) is 3.28. The number of rotatable bonds is 6. The number of ether oxygens (including phenoxy) is 3. The van der Waals surface area contributed by atoms with E-state index in [4.69, 9.17) is 14.2 Å². The largest absolute Gasteiger partial charge is 0.496 e. The Balaban J connectivity index is 2.28. The molecule has 0 fully saturated rings. The van der Waals surface area contributed by atoms with E-state index in [-0.39, 0.29) is 23.8 Å². The van der Waals surface area contributed by atoms with Crippen LogP contribution >= 0.6 is 0 Å². The molecular weight excluding hydrogens is 272 g/mol. The van der Waals surface area contributed by atoms with Crippen LogP contribution in [0.5, 0.6) is 17.5 Å². The van der Waals surface area contributed by atoms with Gasteiger partial charge in [0.1, 0.15) is 5.75 Å². The van der Waals surface area contributed by atoms with Gasteiger partial charge in [0.2, 0.25) is 11.8 Å². The molecule has 0 saturated carbocycles. The highest BCUT2D eigenvalue weighted by molar-refractivity contribution is 5.98. The van der Waals surface area contributed by atoms with Crippen LogP contribution < -0.4 is 14.2 Å². The zero-order chi connectivity index (χ0) is 15.2. The lowest BCUT2D eigenvalue weighted by atomic mass is 10.1. The molecule has 1 heterocycles. The summed E-state index contributed by atoms with van der Waals surface area (Å²) in [5.41, 5.74) is 0.953. The molecule has 0 radical (unpaired) electrons. The first-order valence-electron chi connectivity index (χ1n) is 6.29. The summed E-state index contributed by atoms with van der Waals surface area (Å²) < 4.78 is 15.3. The van der Waals surface area contributed by atoms with Crippen molar-refractivity contribution in [3.05, 3.63) is 41.7 Å². The highest BCUT2D eigenvalue weighted by Gasteiger charge is 2.18. The molecule has 110 valence electrons. The molecule has 0 aliphatic carbocycles. The summed E-state index contributed by atoms with van der Waals surface area (Å²) in [6.45, 7) is 0. The van der Waals surface area contributed by atoms with Crippen molar-refractivity contribution in [2.75, 3.05) is 21.3 Å². The molecule has 0 spiro atoms. The molecule has 0 N–H and O–H groups in total. The second-order valence-corrected chi connectivity index (χ2v) is 4.18. The number of hydrogen-bond acceptors (Lipinski definition) is 6. The summed E-state index contributed by atoms with van der Waals surface area (Å²) in [7, 11) is 4.47. The van der Waals surface area contributed by atoms with E-state index in [1.165, 1.54) is 20.4 Å². The number of ketones is 1. The van der Waals surface area contributed by atoms with Gasteiger partial charge in [-0.3, -0.25) is 4.79 Å². The van der Waals surface area contributed by atoms with E-state index in [1.807, 2.05) is 18.2 Å². The van der Waals surface area contributed by atoms with E-state index in [0.717, 1.165) is 5.56 Å². The lowest BCUT2D eigenvalue weighted by molar-refractivity contribution is 0.0983. The molecule has 21 heavy (non-hydrogen) atoms. The number of methoxy groups -OCH3 is 3. The van der Waals surface area contributed by atoms with Gasteiger partial charge in [-0.2, -0.15) is 4.98 Å². The van der Waals surface area contributed by atoms with Gasteiger partial charge in [0.25, 0.3) is 0 Å². The van der Waals surface area contributed by atoms with Gasteiger partial charge < -0.3 is 14.2 Å². The molecule has 0 saturated heterocycles. The van der Waals surface area contributed by atoms with Gasteiger partial charge in [-0.05, 0) is 6.07 Å². The molecule has 1 aromatic carbocycles. The Hall–Kier alpha value is -2.63. The van der Waals surface area contributed by atoms with Crippen LogP contribution in [0.25, 0.3) is 0 Å². The van der Waals surface area contributed by atoms with Gasteiger partial charge in [-0.15, -0.1) is 0 Å². The van der Waals surface area contributed by atoms with Crippen molar-refractivity contribution >= 4 is 5.78 Å². The molecule has 0 aliphatic rings. The van der Waals surface area contributed by atoms with Crippen molar-refractivity contribution in [3.63, 3.8) is 0 Å². The summed E-state index contributed by atoms with van der Waals surface area (Å²) in [4.78, 5) is 20.5. The number of carbonyl (C=O) groups excluding carboxylic acids is 1. The van der Waals surface area contributed by atoms with Crippen LogP contribution in [0.2, 0.25) is 0 Å². The predicted octanol–water partition coefficient (Wildman–Crippen LogP) is 1.93. The Kier molecular flexibility index (Phi) is 4.71. The van der Waals surface area contributed by atoms with Gasteiger partial charge in [0.15, 0.2) is 11.5 Å². The molecular formula is C15H16N2O4. The standard InChI is InChI=1S/C15H16N2O4/c1-19-12-7-5-4-6-10(12)8-11(18)14-15(21-3)17-13(20-2)9-16-14/h4-7,9H,8H2,1-3H3. The number of nitrogens with zero attached hydrogens (tertiary/aromatic N) is 2. The second-order valence-electron chi connectivity index (χ2n) is 4.18. The van der Waals surface area contributed by atoms with Crippen LogP contribution in [-0.4, -0.2) is 37.1 Å². The first-order valence-corrected chi connectivity index (χ1v) is 6.29. The van der Waals surface area contributed by atoms with Crippen LogP contribution in [0.3, 0.4) is 0 Å². The van der Waals surface area contributed by atoms with E-state index in [9.17, 15) is 4.79 Å². The molecule has 0 aliphatic heterocycles. The Morgan fingerprint density at radius 1 is 1.10 bits per heavy atom. The van der Waals surface area contributed by atoms with Crippen LogP contribution in [0.1, 0.15) is 16.1 Å². The fourth-order valence-electron chi connectivity index (χ4n) is 1.89. The number of Topliss-reactive ketones (excluding diaryl/α,β-unsaturated/α-hetero) is 1. The fourth-order valence-corrected chi connectivity index (χ4v) is 1.89. The van der Waals surface area contributed by atoms with Crippen LogP contribution in [0.4, 0.5) is 0 Å². The minimum Gasteiger partial charge on any atom is -0.496 e. The quantitative estimate of drug-likeness (QED) is 0.756. The number of benzene rings is 1. The maximum Gasteiger partial charge on any atom is 0.246 e. The summed E-state index contributed by atoms with van der Waals surface area (Å²) >= 11 is 0. The summed E-state index contributed by atoms with van der Waals surface area (Å²) in [6, 6.07) is 7.34. The molecule has 6 heteroatoms. The molecule has 2 rings (SSSR count). The first-order chi connectivity index (χ1) is 10.2. The second kappa shape index (κ2) is 6.69. The molecule has 0 unspecified atom stereocenters. The van der Waals surface area contributed by atoms with Crippen molar-refractivity contribution < 1.29 is 19.0 Å². The number of aromatic nitrogens is 2. The van der Waals surface area contributed by atoms with Gasteiger partial charge in [-0.25, -0.2) is 4.98 Å². The highest BCUT2D eigenvalue weighted by atomic mass is 16.5. The molecule has 2 aromatic rings. The first kappa shape index (κ1) is 14.8. The maximum absolute atomic E-state index is 12.4. The topological polar surface area (TPSA) is 70.5 Å². The summed E-state index contributed by atoms with van der Waals surface area (Å²) in [5.74, 6) is 0.896. The summed E-state index contributed by atoms with van der Waals surface area (Å²) in [5, 5.41) is 0. The lowest BCUT2D eigenvalue weighted by Crippen LogP contribution is -2.10. The summed E-state index contributed by atoms with van der Waals surface area (Å²) in [6.07, 6.45) is 1.54. The molecule has 6 nitrogen and oxygen atoms in total. The van der Waals surface area contributed by atoms with E-state index < -0.39 is 0 Å². The molecule has 0 atom stereocenters. The Morgan fingerprint density at radius 2 is 1.86 bits per heavy atom. The van der Waals surface area contributed by atoms with E-state index in [0.29, 0.717) is 11.6 Å². The zero-order valence-corrected chi connectivity index (χ0v) is 12.1. The minimum absolute atomic E-state index is 0.147. The fraction of sp³-hybridized carbons (Fsp3) is 0.267. The van der Waals surface area contributed by atoms with Gasteiger partial charge in [0.05, 0.1) is 27.5 Å². The smallest absolute Gasteiger partial charge is 0.246 e. The third-order valence-electron chi connectivity index (χ3n) is 2.93. The van der Waals surface area contributed by atoms with Gasteiger partial charge >= 0.3 is 0 Å². The molecule has 0 bridgehead atoms. The Bertz CT molecular complexity index is 643. The van der Waals surface area contributed by atoms with Gasteiger partial charge in [-0.1, -0.05) is 18.2 Å². The number of carbonyl (C=O) groups is 1. The lowest BCUT2D eigenvalue weighted by Gasteiger charge is -2.09. The third-order valence-corrected chi connectivity index (χ3v) is 2.93. The van der Waals surface area contributed by atoms with Crippen molar-refractivity contribution in [1.82, 2.24) is 9.97 Å². The number of hydrogen-bond donors (Lipinski definition) is 0. The normalized spacial score (nSPS) is 10.0. The van der Waals surface area contributed by atoms with Crippen molar-refractivity contribution in [2.24, 2.45) is 0 Å². The van der Waals surface area contributed by atoms with Crippen LogP contribution in [0, 0.1) is 0 Å². The molecule has 0 amide bonds. The average molecular weight is 288 g/mol. The molecule has 1 aromatic heterocycles.